The number of rotatable bonds is 6. The van der Waals surface area contributed by atoms with E-state index in [1.807, 2.05) is 37.3 Å². The number of para-hydroxylation sites is 1. The molecule has 3 heteroatoms. The summed E-state index contributed by atoms with van der Waals surface area (Å²) in [5, 5.41) is 2.94. The van der Waals surface area contributed by atoms with Gasteiger partial charge in [0.25, 0.3) is 5.91 Å². The summed E-state index contributed by atoms with van der Waals surface area (Å²) in [4.78, 5) is 11.9. The lowest BCUT2D eigenvalue weighted by Crippen LogP contribution is -2.31. The highest BCUT2D eigenvalue weighted by Gasteiger charge is 2.10. The Morgan fingerprint density at radius 3 is 2.38 bits per heavy atom. The van der Waals surface area contributed by atoms with Gasteiger partial charge in [0, 0.05) is 0 Å². The topological polar surface area (TPSA) is 38.3 Å². The Morgan fingerprint density at radius 1 is 1.10 bits per heavy atom. The molecule has 2 rings (SSSR count). The van der Waals surface area contributed by atoms with Crippen molar-refractivity contribution in [2.24, 2.45) is 0 Å². The highest BCUT2D eigenvalue weighted by atomic mass is 16.5. The third kappa shape index (κ3) is 4.63. The standard InChI is InChI=1S/C18H21NO2/c1-3-15-9-11-16(12-10-15)14(2)19-18(20)13-21-17-7-5-4-6-8-17/h4-12,14H,3,13H2,1-2H3,(H,19,20)/t14-/m0/s1. The number of ether oxygens (including phenoxy) is 1. The third-order valence-electron chi connectivity index (χ3n) is 3.38. The van der Waals surface area contributed by atoms with Gasteiger partial charge in [0.15, 0.2) is 6.61 Å². The smallest absolute Gasteiger partial charge is 0.258 e. The first kappa shape index (κ1) is 15.1. The quantitative estimate of drug-likeness (QED) is 0.881. The summed E-state index contributed by atoms with van der Waals surface area (Å²) >= 11 is 0. The summed E-state index contributed by atoms with van der Waals surface area (Å²) in [5.41, 5.74) is 2.39. The van der Waals surface area contributed by atoms with Crippen molar-refractivity contribution in [1.82, 2.24) is 5.32 Å². The molecule has 0 bridgehead atoms. The van der Waals surface area contributed by atoms with Crippen LogP contribution in [0.25, 0.3) is 0 Å². The number of aryl methyl sites for hydroxylation is 1. The average Bonchev–Trinajstić information content (AvgIpc) is 2.54. The van der Waals surface area contributed by atoms with E-state index < -0.39 is 0 Å². The van der Waals surface area contributed by atoms with Crippen LogP contribution in [-0.4, -0.2) is 12.5 Å². The van der Waals surface area contributed by atoms with Crippen LogP contribution < -0.4 is 10.1 Å². The minimum Gasteiger partial charge on any atom is -0.484 e. The zero-order chi connectivity index (χ0) is 15.1. The van der Waals surface area contributed by atoms with E-state index in [0.717, 1.165) is 12.0 Å². The van der Waals surface area contributed by atoms with E-state index in [1.54, 1.807) is 0 Å². The molecule has 2 aromatic carbocycles. The molecule has 2 aromatic rings. The monoisotopic (exact) mass is 283 g/mol. The Labute approximate surface area is 126 Å². The van der Waals surface area contributed by atoms with Gasteiger partial charge in [-0.3, -0.25) is 4.79 Å². The third-order valence-corrected chi connectivity index (χ3v) is 3.38. The molecule has 0 heterocycles. The van der Waals surface area contributed by atoms with Crippen molar-refractivity contribution >= 4 is 5.91 Å². The predicted molar refractivity (Wildman–Crippen MR) is 84.3 cm³/mol. The number of benzene rings is 2. The number of hydrogen-bond donors (Lipinski definition) is 1. The highest BCUT2D eigenvalue weighted by molar-refractivity contribution is 5.78. The predicted octanol–water partition coefficient (Wildman–Crippen LogP) is 3.51. The van der Waals surface area contributed by atoms with E-state index in [1.165, 1.54) is 5.56 Å². The van der Waals surface area contributed by atoms with Gasteiger partial charge < -0.3 is 10.1 Å². The van der Waals surface area contributed by atoms with Gasteiger partial charge in [-0.15, -0.1) is 0 Å². The summed E-state index contributed by atoms with van der Waals surface area (Å²) in [6.45, 7) is 4.13. The number of carbonyl (C=O) groups excluding carboxylic acids is 1. The van der Waals surface area contributed by atoms with Gasteiger partial charge in [0.2, 0.25) is 0 Å². The minimum absolute atomic E-state index is 0.0252. The van der Waals surface area contributed by atoms with Crippen LogP contribution in [0, 0.1) is 0 Å². The van der Waals surface area contributed by atoms with Crippen molar-refractivity contribution in [1.29, 1.82) is 0 Å². The second-order valence-electron chi connectivity index (χ2n) is 4.99. The zero-order valence-corrected chi connectivity index (χ0v) is 12.5. The first-order valence-corrected chi connectivity index (χ1v) is 7.25. The SMILES string of the molecule is CCc1ccc([C@H](C)NC(=O)COc2ccccc2)cc1. The molecule has 0 aliphatic rings. The molecule has 1 atom stereocenters. The fourth-order valence-electron chi connectivity index (χ4n) is 2.07. The maximum Gasteiger partial charge on any atom is 0.258 e. The molecular formula is C18H21NO2. The van der Waals surface area contributed by atoms with Crippen LogP contribution in [0.4, 0.5) is 0 Å². The Balaban J connectivity index is 1.83. The van der Waals surface area contributed by atoms with Crippen molar-refractivity contribution < 1.29 is 9.53 Å². The van der Waals surface area contributed by atoms with Gasteiger partial charge in [-0.2, -0.15) is 0 Å². The molecule has 3 nitrogen and oxygen atoms in total. The first-order valence-electron chi connectivity index (χ1n) is 7.25. The number of amides is 1. The van der Waals surface area contributed by atoms with Crippen LogP contribution in [0.2, 0.25) is 0 Å². The molecule has 0 fully saturated rings. The van der Waals surface area contributed by atoms with Crippen molar-refractivity contribution in [3.63, 3.8) is 0 Å². The lowest BCUT2D eigenvalue weighted by Gasteiger charge is -2.15. The van der Waals surface area contributed by atoms with Gasteiger partial charge in [-0.05, 0) is 36.6 Å². The van der Waals surface area contributed by atoms with Crippen molar-refractivity contribution in [3.05, 3.63) is 65.7 Å². The molecule has 0 aliphatic carbocycles. The fraction of sp³-hybridized carbons (Fsp3) is 0.278. The van der Waals surface area contributed by atoms with Gasteiger partial charge in [0.05, 0.1) is 6.04 Å². The lowest BCUT2D eigenvalue weighted by atomic mass is 10.1. The number of hydrogen-bond acceptors (Lipinski definition) is 2. The summed E-state index contributed by atoms with van der Waals surface area (Å²) in [7, 11) is 0. The Kier molecular flexibility index (Phi) is 5.38. The van der Waals surface area contributed by atoms with Crippen molar-refractivity contribution in [2.75, 3.05) is 6.61 Å². The zero-order valence-electron chi connectivity index (χ0n) is 12.5. The largest absolute Gasteiger partial charge is 0.484 e. The Bertz CT molecular complexity index is 564. The van der Waals surface area contributed by atoms with Crippen LogP contribution in [0.15, 0.2) is 54.6 Å². The molecule has 0 aromatic heterocycles. The molecule has 0 unspecified atom stereocenters. The van der Waals surface area contributed by atoms with Crippen LogP contribution in [-0.2, 0) is 11.2 Å². The molecule has 0 spiro atoms. The summed E-state index contributed by atoms with van der Waals surface area (Å²) in [6, 6.07) is 17.6. The molecule has 0 radical (unpaired) electrons. The van der Waals surface area contributed by atoms with E-state index in [-0.39, 0.29) is 18.6 Å². The van der Waals surface area contributed by atoms with Crippen LogP contribution in [0.5, 0.6) is 5.75 Å². The summed E-state index contributed by atoms with van der Waals surface area (Å²) in [5.74, 6) is 0.582. The molecule has 0 aliphatic heterocycles. The summed E-state index contributed by atoms with van der Waals surface area (Å²) in [6.07, 6.45) is 1.02. The number of nitrogens with one attached hydrogen (secondary N) is 1. The minimum atomic E-state index is -0.120. The molecule has 0 saturated carbocycles. The van der Waals surface area contributed by atoms with Gasteiger partial charge in [-0.25, -0.2) is 0 Å². The van der Waals surface area contributed by atoms with Crippen LogP contribution >= 0.6 is 0 Å². The second-order valence-corrected chi connectivity index (χ2v) is 4.99. The lowest BCUT2D eigenvalue weighted by molar-refractivity contribution is -0.123. The molecule has 21 heavy (non-hydrogen) atoms. The van der Waals surface area contributed by atoms with Gasteiger partial charge in [-0.1, -0.05) is 49.4 Å². The van der Waals surface area contributed by atoms with E-state index >= 15 is 0 Å². The Hall–Kier alpha value is -2.29. The van der Waals surface area contributed by atoms with E-state index in [4.69, 9.17) is 4.74 Å². The highest BCUT2D eigenvalue weighted by Crippen LogP contribution is 2.14. The summed E-state index contributed by atoms with van der Waals surface area (Å²) < 4.78 is 5.43. The number of carbonyl (C=O) groups is 1. The van der Waals surface area contributed by atoms with Gasteiger partial charge in [0.1, 0.15) is 5.75 Å². The van der Waals surface area contributed by atoms with E-state index in [2.05, 4.69) is 36.5 Å². The van der Waals surface area contributed by atoms with Crippen molar-refractivity contribution in [2.45, 2.75) is 26.3 Å². The molecule has 0 saturated heterocycles. The average molecular weight is 283 g/mol. The van der Waals surface area contributed by atoms with E-state index in [0.29, 0.717) is 5.75 Å². The molecule has 1 N–H and O–H groups in total. The maximum atomic E-state index is 11.9. The first-order chi connectivity index (χ1) is 10.2. The molecule has 110 valence electrons. The van der Waals surface area contributed by atoms with Crippen molar-refractivity contribution in [3.8, 4) is 5.75 Å². The van der Waals surface area contributed by atoms with Gasteiger partial charge >= 0.3 is 0 Å². The van der Waals surface area contributed by atoms with Crippen LogP contribution in [0.3, 0.4) is 0 Å². The second kappa shape index (κ2) is 7.48. The van der Waals surface area contributed by atoms with E-state index in [9.17, 15) is 4.79 Å². The molecule has 1 amide bonds. The molecular weight excluding hydrogens is 262 g/mol. The normalized spacial score (nSPS) is 11.7. The maximum absolute atomic E-state index is 11.9. The fourth-order valence-corrected chi connectivity index (χ4v) is 2.07. The Morgan fingerprint density at radius 2 is 1.76 bits per heavy atom. The van der Waals surface area contributed by atoms with Crippen LogP contribution in [0.1, 0.15) is 31.0 Å².